The number of cyclic esters (lactones) is 1. The zero-order valence-electron chi connectivity index (χ0n) is 22.3. The van der Waals surface area contributed by atoms with Crippen LogP contribution >= 0.6 is 0 Å². The highest BCUT2D eigenvalue weighted by Gasteiger charge is 2.48. The number of rotatable bonds is 3. The molecule has 2 aromatic heterocycles. The molecule has 8 nitrogen and oxygen atoms in total. The Hall–Kier alpha value is -3.14. The van der Waals surface area contributed by atoms with E-state index >= 15 is 4.39 Å². The molecule has 2 atom stereocenters. The third-order valence-corrected chi connectivity index (χ3v) is 9.76. The number of aromatic nitrogens is 2. The molecule has 3 aliphatic heterocycles. The number of piperidine rings is 1. The van der Waals surface area contributed by atoms with Crippen molar-refractivity contribution in [3.63, 3.8) is 0 Å². The molecule has 1 saturated heterocycles. The molecule has 0 radical (unpaired) electrons. The number of halogens is 1. The predicted molar refractivity (Wildman–Crippen MR) is 142 cm³/mol. The summed E-state index contributed by atoms with van der Waals surface area (Å²) < 4.78 is 22.1. The standard InChI is InChI=1S/C30H32FN3O5/c1-3-30(38)20-11-23-26-18(13-34(23)27(36)19(20)14-39-28(30)37)25-24-17(16(2)21(31)12-22(24)32-26)5-7-29(25)6-4-8-33(15-29)9-10-35/h11-12,35,38H,3-10,13-15H2,1-2H3/t29?,30-/m0/s1. The van der Waals surface area contributed by atoms with Crippen LogP contribution in [0.15, 0.2) is 16.9 Å². The van der Waals surface area contributed by atoms with Crippen LogP contribution in [0, 0.1) is 12.7 Å². The Kier molecular flexibility index (Phi) is 5.37. The molecule has 9 heteroatoms. The molecule has 7 rings (SSSR count). The average molecular weight is 534 g/mol. The van der Waals surface area contributed by atoms with Crippen LogP contribution in [0.5, 0.6) is 0 Å². The molecule has 2 N–H and O–H groups in total. The second-order valence-corrected chi connectivity index (χ2v) is 11.7. The molecule has 204 valence electrons. The van der Waals surface area contributed by atoms with E-state index in [4.69, 9.17) is 9.72 Å². The van der Waals surface area contributed by atoms with E-state index in [1.165, 1.54) is 6.07 Å². The van der Waals surface area contributed by atoms with Crippen LogP contribution in [0.2, 0.25) is 0 Å². The van der Waals surface area contributed by atoms with E-state index < -0.39 is 11.6 Å². The molecule has 3 aromatic rings. The zero-order chi connectivity index (χ0) is 27.3. The normalized spacial score (nSPS) is 25.5. The van der Waals surface area contributed by atoms with E-state index in [-0.39, 0.29) is 47.6 Å². The molecule has 4 aliphatic rings. The second-order valence-electron chi connectivity index (χ2n) is 11.7. The van der Waals surface area contributed by atoms with Crippen molar-refractivity contribution in [1.29, 1.82) is 0 Å². The summed E-state index contributed by atoms with van der Waals surface area (Å²) in [4.78, 5) is 33.7. The van der Waals surface area contributed by atoms with Crippen molar-refractivity contribution in [2.45, 2.75) is 70.1 Å². The second kappa shape index (κ2) is 8.43. The van der Waals surface area contributed by atoms with Gasteiger partial charge in [0.2, 0.25) is 0 Å². The van der Waals surface area contributed by atoms with Crippen molar-refractivity contribution in [1.82, 2.24) is 14.5 Å². The first-order valence-electron chi connectivity index (χ1n) is 13.9. The number of carbonyl (C=O) groups excluding carboxylic acids is 1. The van der Waals surface area contributed by atoms with Gasteiger partial charge < -0.3 is 24.4 Å². The number of hydrogen-bond acceptors (Lipinski definition) is 7. The molecule has 0 bridgehead atoms. The number of carbonyl (C=O) groups is 1. The van der Waals surface area contributed by atoms with Crippen molar-refractivity contribution >= 4 is 16.9 Å². The predicted octanol–water partition coefficient (Wildman–Crippen LogP) is 2.80. The summed E-state index contributed by atoms with van der Waals surface area (Å²) >= 11 is 0. The van der Waals surface area contributed by atoms with E-state index in [9.17, 15) is 19.8 Å². The number of ether oxygens (including phenoxy) is 1. The van der Waals surface area contributed by atoms with E-state index in [0.29, 0.717) is 35.6 Å². The van der Waals surface area contributed by atoms with Crippen LogP contribution in [0.25, 0.3) is 22.3 Å². The minimum absolute atomic E-state index is 0.0721. The largest absolute Gasteiger partial charge is 0.458 e. The third-order valence-electron chi connectivity index (χ3n) is 9.76. The Morgan fingerprint density at radius 1 is 1.18 bits per heavy atom. The van der Waals surface area contributed by atoms with Crippen LogP contribution in [0.4, 0.5) is 4.39 Å². The molecule has 1 spiro atoms. The first-order valence-corrected chi connectivity index (χ1v) is 13.9. The fraction of sp³-hybridized carbons (Fsp3) is 0.500. The van der Waals surface area contributed by atoms with E-state index in [1.54, 1.807) is 17.6 Å². The summed E-state index contributed by atoms with van der Waals surface area (Å²) in [5.41, 5.74) is 3.64. The van der Waals surface area contributed by atoms with Crippen molar-refractivity contribution in [3.05, 3.63) is 61.7 Å². The monoisotopic (exact) mass is 533 g/mol. The minimum Gasteiger partial charge on any atom is -0.458 e. The highest BCUT2D eigenvalue weighted by molar-refractivity contribution is 5.94. The van der Waals surface area contributed by atoms with Crippen LogP contribution < -0.4 is 5.56 Å². The molecular weight excluding hydrogens is 501 g/mol. The number of β-amino-alcohol motifs (C(OH)–C–C–N with tert-alkyl or cyclic N) is 1. The summed E-state index contributed by atoms with van der Waals surface area (Å²) in [5, 5.41) is 21.9. The Labute approximate surface area is 225 Å². The molecule has 0 saturated carbocycles. The molecule has 1 aliphatic carbocycles. The van der Waals surface area contributed by atoms with E-state index in [2.05, 4.69) is 4.90 Å². The van der Waals surface area contributed by atoms with Gasteiger partial charge >= 0.3 is 5.97 Å². The molecule has 1 aromatic carbocycles. The Bertz CT molecular complexity index is 1650. The maximum absolute atomic E-state index is 15.2. The first-order chi connectivity index (χ1) is 18.7. The van der Waals surface area contributed by atoms with Crippen LogP contribution in [-0.2, 0) is 40.1 Å². The summed E-state index contributed by atoms with van der Waals surface area (Å²) in [5.74, 6) is -1.05. The highest BCUT2D eigenvalue weighted by atomic mass is 19.1. The zero-order valence-corrected chi connectivity index (χ0v) is 22.3. The van der Waals surface area contributed by atoms with Gasteiger partial charge in [0.05, 0.1) is 35.6 Å². The maximum atomic E-state index is 15.2. The Morgan fingerprint density at radius 2 is 2.00 bits per heavy atom. The third kappa shape index (κ3) is 3.24. The fourth-order valence-electron chi connectivity index (χ4n) is 7.74. The smallest absolute Gasteiger partial charge is 0.343 e. The SMILES string of the molecule is CC[C@@]1(O)C(=O)OCc2c1cc1n(c2=O)Cc2c-1nc1cc(F)c(C)c3c1c2C1(CCCN(CCO)C1)CC3. The number of hydrogen-bond donors (Lipinski definition) is 2. The van der Waals surface area contributed by atoms with Gasteiger partial charge in [-0.2, -0.15) is 0 Å². The van der Waals surface area contributed by atoms with Crippen molar-refractivity contribution in [2.24, 2.45) is 0 Å². The quantitative estimate of drug-likeness (QED) is 0.390. The molecular formula is C30H32FN3O5. The molecule has 1 fully saturated rings. The number of esters is 1. The van der Waals surface area contributed by atoms with Gasteiger partial charge in [-0.05, 0) is 68.3 Å². The van der Waals surface area contributed by atoms with E-state index in [0.717, 1.165) is 60.8 Å². The van der Waals surface area contributed by atoms with E-state index in [1.807, 2.05) is 6.92 Å². The van der Waals surface area contributed by atoms with Crippen molar-refractivity contribution in [2.75, 3.05) is 26.2 Å². The molecule has 39 heavy (non-hydrogen) atoms. The molecule has 0 amide bonds. The molecule has 5 heterocycles. The first kappa shape index (κ1) is 24.9. The van der Waals surface area contributed by atoms with Crippen molar-refractivity contribution < 1.29 is 24.1 Å². The van der Waals surface area contributed by atoms with Gasteiger partial charge in [0, 0.05) is 41.1 Å². The number of pyridine rings is 2. The van der Waals surface area contributed by atoms with Crippen molar-refractivity contribution in [3.8, 4) is 11.4 Å². The van der Waals surface area contributed by atoms with Gasteiger partial charge in [0.1, 0.15) is 12.4 Å². The van der Waals surface area contributed by atoms with Gasteiger partial charge in [0.15, 0.2) is 5.60 Å². The average Bonchev–Trinajstić information content (AvgIpc) is 3.29. The number of aryl methyl sites for hydroxylation is 1. The summed E-state index contributed by atoms with van der Waals surface area (Å²) in [6.45, 7) is 6.06. The Balaban J connectivity index is 1.53. The minimum atomic E-state index is -1.90. The maximum Gasteiger partial charge on any atom is 0.343 e. The number of benzene rings is 1. The number of aliphatic hydroxyl groups excluding tert-OH is 1. The summed E-state index contributed by atoms with van der Waals surface area (Å²) in [6.07, 6.45) is 3.64. The number of fused-ring (bicyclic) bond motifs is 6. The van der Waals surface area contributed by atoms with Gasteiger partial charge in [-0.25, -0.2) is 14.2 Å². The lowest BCUT2D eigenvalue weighted by atomic mass is 9.64. The Morgan fingerprint density at radius 3 is 2.77 bits per heavy atom. The molecule has 1 unspecified atom stereocenters. The summed E-state index contributed by atoms with van der Waals surface area (Å²) in [6, 6.07) is 3.22. The van der Waals surface area contributed by atoms with Crippen LogP contribution in [-0.4, -0.2) is 56.9 Å². The van der Waals surface area contributed by atoms with Crippen LogP contribution in [0.3, 0.4) is 0 Å². The fourth-order valence-corrected chi connectivity index (χ4v) is 7.74. The highest BCUT2D eigenvalue weighted by Crippen LogP contribution is 2.51. The number of nitrogens with zero attached hydrogens (tertiary/aromatic N) is 3. The lowest BCUT2D eigenvalue weighted by Crippen LogP contribution is -2.49. The lowest BCUT2D eigenvalue weighted by Gasteiger charge is -2.47. The van der Waals surface area contributed by atoms with Gasteiger partial charge in [-0.1, -0.05) is 6.92 Å². The van der Waals surface area contributed by atoms with Gasteiger partial charge in [0.25, 0.3) is 5.56 Å². The van der Waals surface area contributed by atoms with Gasteiger partial charge in [-0.3, -0.25) is 4.79 Å². The number of likely N-dealkylation sites (tertiary alicyclic amines) is 1. The topological polar surface area (TPSA) is 105 Å². The lowest BCUT2D eigenvalue weighted by molar-refractivity contribution is -0.172. The number of aliphatic hydroxyl groups is 2. The summed E-state index contributed by atoms with van der Waals surface area (Å²) in [7, 11) is 0. The van der Waals surface area contributed by atoms with Gasteiger partial charge in [-0.15, -0.1) is 0 Å². The van der Waals surface area contributed by atoms with Crippen LogP contribution in [0.1, 0.15) is 66.0 Å².